The fourth-order valence-corrected chi connectivity index (χ4v) is 2.62. The van der Waals surface area contributed by atoms with Gasteiger partial charge >= 0.3 is 0 Å². The first-order valence-corrected chi connectivity index (χ1v) is 7.24. The van der Waals surface area contributed by atoms with Gasteiger partial charge < -0.3 is 20.9 Å². The highest BCUT2D eigenvalue weighted by molar-refractivity contribution is 5.95. The lowest BCUT2D eigenvalue weighted by Crippen LogP contribution is -2.48. The highest BCUT2D eigenvalue weighted by Crippen LogP contribution is 2.16. The SMILES string of the molecule is O=C1CN(c2ccc(NC(=O)C3CCCN3)cn2)CCN1. The zero-order valence-electron chi connectivity index (χ0n) is 11.8. The van der Waals surface area contributed by atoms with E-state index in [-0.39, 0.29) is 17.9 Å². The van der Waals surface area contributed by atoms with E-state index in [1.54, 1.807) is 6.20 Å². The van der Waals surface area contributed by atoms with Gasteiger partial charge in [0.15, 0.2) is 0 Å². The molecule has 0 radical (unpaired) electrons. The van der Waals surface area contributed by atoms with Crippen molar-refractivity contribution in [3.05, 3.63) is 18.3 Å². The van der Waals surface area contributed by atoms with E-state index in [1.165, 1.54) is 0 Å². The van der Waals surface area contributed by atoms with Gasteiger partial charge in [0.1, 0.15) is 5.82 Å². The van der Waals surface area contributed by atoms with Crippen LogP contribution in [0.3, 0.4) is 0 Å². The molecule has 1 atom stereocenters. The monoisotopic (exact) mass is 289 g/mol. The van der Waals surface area contributed by atoms with Crippen LogP contribution in [-0.2, 0) is 9.59 Å². The second-order valence-corrected chi connectivity index (χ2v) is 5.31. The molecule has 1 aromatic heterocycles. The molecule has 2 fully saturated rings. The summed E-state index contributed by atoms with van der Waals surface area (Å²) in [6, 6.07) is 3.55. The Morgan fingerprint density at radius 2 is 2.29 bits per heavy atom. The topological polar surface area (TPSA) is 86.4 Å². The van der Waals surface area contributed by atoms with Crippen molar-refractivity contribution < 1.29 is 9.59 Å². The van der Waals surface area contributed by atoms with Crippen molar-refractivity contribution in [1.29, 1.82) is 0 Å². The largest absolute Gasteiger partial charge is 0.353 e. The average Bonchev–Trinajstić information content (AvgIpc) is 3.02. The third-order valence-corrected chi connectivity index (χ3v) is 3.75. The fourth-order valence-electron chi connectivity index (χ4n) is 2.62. The summed E-state index contributed by atoms with van der Waals surface area (Å²) in [5, 5.41) is 8.80. The number of carbonyl (C=O) groups excluding carboxylic acids is 2. The molecule has 7 heteroatoms. The first-order valence-electron chi connectivity index (χ1n) is 7.24. The van der Waals surface area contributed by atoms with Gasteiger partial charge in [-0.25, -0.2) is 4.98 Å². The van der Waals surface area contributed by atoms with E-state index >= 15 is 0 Å². The van der Waals surface area contributed by atoms with Crippen LogP contribution >= 0.6 is 0 Å². The molecule has 112 valence electrons. The third-order valence-electron chi connectivity index (χ3n) is 3.75. The number of piperazine rings is 1. The van der Waals surface area contributed by atoms with Crippen molar-refractivity contribution in [3.63, 3.8) is 0 Å². The van der Waals surface area contributed by atoms with Crippen LogP contribution in [0, 0.1) is 0 Å². The summed E-state index contributed by atoms with van der Waals surface area (Å²) in [6.45, 7) is 2.60. The lowest BCUT2D eigenvalue weighted by molar-refractivity contribution is -0.120. The van der Waals surface area contributed by atoms with E-state index < -0.39 is 0 Å². The predicted octanol–water partition coefficient (Wildman–Crippen LogP) is -0.292. The van der Waals surface area contributed by atoms with Crippen LogP contribution < -0.4 is 20.9 Å². The molecule has 2 aliphatic rings. The minimum atomic E-state index is -0.101. The van der Waals surface area contributed by atoms with Crippen LogP contribution in [0.1, 0.15) is 12.8 Å². The zero-order valence-corrected chi connectivity index (χ0v) is 11.8. The Morgan fingerprint density at radius 3 is 2.95 bits per heavy atom. The fraction of sp³-hybridized carbons (Fsp3) is 0.500. The van der Waals surface area contributed by atoms with Crippen LogP contribution in [0.25, 0.3) is 0 Å². The molecule has 3 N–H and O–H groups in total. The van der Waals surface area contributed by atoms with Crippen molar-refractivity contribution in [1.82, 2.24) is 15.6 Å². The molecule has 0 bridgehead atoms. The minimum Gasteiger partial charge on any atom is -0.353 e. The van der Waals surface area contributed by atoms with E-state index in [0.29, 0.717) is 18.8 Å². The molecule has 0 spiro atoms. The minimum absolute atomic E-state index is 0.00716. The Hall–Kier alpha value is -2.15. The highest BCUT2D eigenvalue weighted by Gasteiger charge is 2.22. The first-order chi connectivity index (χ1) is 10.2. The number of hydrogen-bond donors (Lipinski definition) is 3. The van der Waals surface area contributed by atoms with E-state index in [1.807, 2.05) is 17.0 Å². The van der Waals surface area contributed by atoms with E-state index in [4.69, 9.17) is 0 Å². The molecule has 21 heavy (non-hydrogen) atoms. The molecule has 2 amide bonds. The summed E-state index contributed by atoms with van der Waals surface area (Å²) in [7, 11) is 0. The maximum atomic E-state index is 12.0. The molecular formula is C14H19N5O2. The van der Waals surface area contributed by atoms with Crippen molar-refractivity contribution in [3.8, 4) is 0 Å². The Kier molecular flexibility index (Phi) is 4.01. The van der Waals surface area contributed by atoms with Crippen LogP contribution in [-0.4, -0.2) is 49.0 Å². The van der Waals surface area contributed by atoms with Gasteiger partial charge in [-0.15, -0.1) is 0 Å². The van der Waals surface area contributed by atoms with E-state index in [9.17, 15) is 9.59 Å². The number of hydrogen-bond acceptors (Lipinski definition) is 5. The molecule has 0 saturated carbocycles. The summed E-state index contributed by atoms with van der Waals surface area (Å²) in [5.41, 5.74) is 0.680. The summed E-state index contributed by atoms with van der Waals surface area (Å²) >= 11 is 0. The molecule has 1 aromatic rings. The molecule has 3 rings (SSSR count). The van der Waals surface area contributed by atoms with E-state index in [2.05, 4.69) is 20.9 Å². The van der Waals surface area contributed by atoms with Crippen LogP contribution in [0.2, 0.25) is 0 Å². The van der Waals surface area contributed by atoms with Crippen molar-refractivity contribution in [2.24, 2.45) is 0 Å². The summed E-state index contributed by atoms with van der Waals surface area (Å²) in [6.07, 6.45) is 3.54. The number of anilines is 2. The predicted molar refractivity (Wildman–Crippen MR) is 79.1 cm³/mol. The molecule has 1 unspecified atom stereocenters. The average molecular weight is 289 g/mol. The second kappa shape index (κ2) is 6.09. The van der Waals surface area contributed by atoms with Gasteiger partial charge in [0.2, 0.25) is 11.8 Å². The number of aromatic nitrogens is 1. The van der Waals surface area contributed by atoms with Crippen LogP contribution in [0.4, 0.5) is 11.5 Å². The number of carbonyl (C=O) groups is 2. The van der Waals surface area contributed by atoms with Crippen LogP contribution in [0.5, 0.6) is 0 Å². The molecular weight excluding hydrogens is 270 g/mol. The van der Waals surface area contributed by atoms with Gasteiger partial charge in [0.25, 0.3) is 0 Å². The summed E-state index contributed by atoms with van der Waals surface area (Å²) < 4.78 is 0. The summed E-state index contributed by atoms with van der Waals surface area (Å²) in [5.74, 6) is 0.744. The molecule has 0 aromatic carbocycles. The maximum Gasteiger partial charge on any atom is 0.241 e. The number of nitrogens with one attached hydrogen (secondary N) is 3. The second-order valence-electron chi connectivity index (χ2n) is 5.31. The lowest BCUT2D eigenvalue weighted by Gasteiger charge is -2.27. The summed E-state index contributed by atoms with van der Waals surface area (Å²) in [4.78, 5) is 29.6. The van der Waals surface area contributed by atoms with Gasteiger partial charge in [-0.05, 0) is 31.5 Å². The Labute approximate surface area is 123 Å². The number of nitrogens with zero attached hydrogens (tertiary/aromatic N) is 2. The molecule has 0 aliphatic carbocycles. The van der Waals surface area contributed by atoms with Crippen molar-refractivity contribution in [2.75, 3.05) is 36.4 Å². The van der Waals surface area contributed by atoms with Gasteiger partial charge in [0.05, 0.1) is 24.5 Å². The zero-order chi connectivity index (χ0) is 14.7. The van der Waals surface area contributed by atoms with Crippen molar-refractivity contribution in [2.45, 2.75) is 18.9 Å². The molecule has 7 nitrogen and oxygen atoms in total. The van der Waals surface area contributed by atoms with Gasteiger partial charge in [-0.2, -0.15) is 0 Å². The Balaban J connectivity index is 1.61. The van der Waals surface area contributed by atoms with Gasteiger partial charge in [-0.3, -0.25) is 9.59 Å². The maximum absolute atomic E-state index is 12.0. The number of pyridine rings is 1. The molecule has 3 heterocycles. The van der Waals surface area contributed by atoms with Gasteiger partial charge in [0, 0.05) is 13.1 Å². The first kappa shape index (κ1) is 13.8. The highest BCUT2D eigenvalue weighted by atomic mass is 16.2. The lowest BCUT2D eigenvalue weighted by atomic mass is 10.2. The molecule has 2 saturated heterocycles. The standard InChI is InChI=1S/C14H19N5O2/c20-13-9-19(7-6-16-13)12-4-3-10(8-17-12)18-14(21)11-2-1-5-15-11/h3-4,8,11,15H,1-2,5-7,9H2,(H,16,20)(H,18,21). The van der Waals surface area contributed by atoms with Gasteiger partial charge in [-0.1, -0.05) is 0 Å². The Morgan fingerprint density at radius 1 is 1.38 bits per heavy atom. The smallest absolute Gasteiger partial charge is 0.241 e. The number of rotatable bonds is 3. The third kappa shape index (κ3) is 3.30. The Bertz CT molecular complexity index is 525. The number of amides is 2. The quantitative estimate of drug-likeness (QED) is 0.712. The van der Waals surface area contributed by atoms with Crippen LogP contribution in [0.15, 0.2) is 18.3 Å². The van der Waals surface area contributed by atoms with Crippen molar-refractivity contribution >= 4 is 23.3 Å². The molecule has 2 aliphatic heterocycles. The normalized spacial score (nSPS) is 22.0. The van der Waals surface area contributed by atoms with E-state index in [0.717, 1.165) is 31.7 Å².